The standard InChI is InChI=1S/C15H12F2O2/c16-15(17)7-12(8-15)10-2-1-3-11(6-10)14-5-4-13(9-18)19-14/h1-6,9,12H,7-8H2. The maximum absolute atomic E-state index is 12.9. The van der Waals surface area contributed by atoms with E-state index < -0.39 is 5.92 Å². The van der Waals surface area contributed by atoms with E-state index in [0.29, 0.717) is 12.0 Å². The van der Waals surface area contributed by atoms with Crippen molar-refractivity contribution in [3.05, 3.63) is 47.7 Å². The second kappa shape index (κ2) is 4.30. The van der Waals surface area contributed by atoms with Crippen LogP contribution in [0.25, 0.3) is 11.3 Å². The molecule has 2 aromatic rings. The lowest BCUT2D eigenvalue weighted by atomic mass is 9.76. The molecule has 19 heavy (non-hydrogen) atoms. The van der Waals surface area contributed by atoms with Crippen LogP contribution in [0, 0.1) is 0 Å². The zero-order valence-electron chi connectivity index (χ0n) is 10.1. The number of rotatable bonds is 3. The molecule has 98 valence electrons. The van der Waals surface area contributed by atoms with Crippen molar-refractivity contribution in [3.8, 4) is 11.3 Å². The molecule has 1 fully saturated rings. The molecule has 3 rings (SSSR count). The van der Waals surface area contributed by atoms with E-state index in [9.17, 15) is 13.6 Å². The summed E-state index contributed by atoms with van der Waals surface area (Å²) in [6, 6.07) is 10.7. The molecular formula is C15H12F2O2. The fraction of sp³-hybridized carbons (Fsp3) is 0.267. The van der Waals surface area contributed by atoms with Gasteiger partial charge in [0.25, 0.3) is 0 Å². The zero-order valence-corrected chi connectivity index (χ0v) is 10.1. The van der Waals surface area contributed by atoms with Crippen molar-refractivity contribution in [1.29, 1.82) is 0 Å². The summed E-state index contributed by atoms with van der Waals surface area (Å²) in [5.41, 5.74) is 1.70. The Balaban J connectivity index is 1.86. The first-order valence-corrected chi connectivity index (χ1v) is 6.10. The van der Waals surface area contributed by atoms with Crippen LogP contribution >= 0.6 is 0 Å². The molecule has 0 saturated heterocycles. The number of hydrogen-bond acceptors (Lipinski definition) is 2. The topological polar surface area (TPSA) is 30.2 Å². The normalized spacial score (nSPS) is 18.0. The molecule has 1 aromatic heterocycles. The van der Waals surface area contributed by atoms with E-state index in [0.717, 1.165) is 11.1 Å². The molecule has 0 spiro atoms. The van der Waals surface area contributed by atoms with Gasteiger partial charge in [-0.25, -0.2) is 8.78 Å². The van der Waals surface area contributed by atoms with E-state index in [1.165, 1.54) is 0 Å². The molecule has 1 aliphatic rings. The first kappa shape index (κ1) is 12.1. The fourth-order valence-electron chi connectivity index (χ4n) is 2.41. The van der Waals surface area contributed by atoms with Gasteiger partial charge in [-0.05, 0) is 29.7 Å². The molecule has 0 aliphatic heterocycles. The predicted molar refractivity (Wildman–Crippen MR) is 66.5 cm³/mol. The van der Waals surface area contributed by atoms with Gasteiger partial charge in [0.1, 0.15) is 5.76 Å². The number of furan rings is 1. The van der Waals surface area contributed by atoms with Crippen LogP contribution in [0.1, 0.15) is 34.9 Å². The highest BCUT2D eigenvalue weighted by Crippen LogP contribution is 2.48. The molecule has 0 unspecified atom stereocenters. The third kappa shape index (κ3) is 2.30. The average Bonchev–Trinajstić information content (AvgIpc) is 2.85. The number of carbonyl (C=O) groups excluding carboxylic acids is 1. The van der Waals surface area contributed by atoms with Gasteiger partial charge in [0, 0.05) is 18.4 Å². The Labute approximate surface area is 109 Å². The van der Waals surface area contributed by atoms with E-state index >= 15 is 0 Å². The van der Waals surface area contributed by atoms with Crippen LogP contribution in [-0.4, -0.2) is 12.2 Å². The number of benzene rings is 1. The smallest absolute Gasteiger partial charge is 0.249 e. The fourth-order valence-corrected chi connectivity index (χ4v) is 2.41. The Morgan fingerprint density at radius 1 is 1.21 bits per heavy atom. The molecule has 0 atom stereocenters. The molecule has 1 saturated carbocycles. The van der Waals surface area contributed by atoms with Crippen molar-refractivity contribution in [3.63, 3.8) is 0 Å². The summed E-state index contributed by atoms with van der Waals surface area (Å²) in [5, 5.41) is 0. The zero-order chi connectivity index (χ0) is 13.5. The predicted octanol–water partition coefficient (Wildman–Crippen LogP) is 4.27. The van der Waals surface area contributed by atoms with Gasteiger partial charge in [-0.2, -0.15) is 0 Å². The molecule has 0 N–H and O–H groups in total. The average molecular weight is 262 g/mol. The first-order valence-electron chi connectivity index (χ1n) is 6.10. The number of carbonyl (C=O) groups is 1. The Morgan fingerprint density at radius 2 is 2.00 bits per heavy atom. The monoisotopic (exact) mass is 262 g/mol. The molecular weight excluding hydrogens is 250 g/mol. The summed E-state index contributed by atoms with van der Waals surface area (Å²) in [7, 11) is 0. The van der Waals surface area contributed by atoms with Gasteiger partial charge in [0.2, 0.25) is 5.92 Å². The molecule has 1 aromatic carbocycles. The molecule has 0 radical (unpaired) electrons. The van der Waals surface area contributed by atoms with Crippen molar-refractivity contribution in [2.24, 2.45) is 0 Å². The number of halogens is 2. The summed E-state index contributed by atoms with van der Waals surface area (Å²) in [4.78, 5) is 10.6. The van der Waals surface area contributed by atoms with Crippen LogP contribution in [0.5, 0.6) is 0 Å². The third-order valence-corrected chi connectivity index (χ3v) is 3.48. The molecule has 1 heterocycles. The lowest BCUT2D eigenvalue weighted by Crippen LogP contribution is -2.33. The van der Waals surface area contributed by atoms with Crippen molar-refractivity contribution in [2.45, 2.75) is 24.7 Å². The lowest BCUT2D eigenvalue weighted by Gasteiger charge is -2.35. The van der Waals surface area contributed by atoms with Crippen LogP contribution in [0.2, 0.25) is 0 Å². The molecule has 0 bridgehead atoms. The minimum absolute atomic E-state index is 0.0875. The highest BCUT2D eigenvalue weighted by Gasteiger charge is 2.45. The van der Waals surface area contributed by atoms with Gasteiger partial charge in [-0.1, -0.05) is 18.2 Å². The van der Waals surface area contributed by atoms with Crippen LogP contribution in [0.4, 0.5) is 8.78 Å². The van der Waals surface area contributed by atoms with Crippen LogP contribution in [-0.2, 0) is 0 Å². The third-order valence-electron chi connectivity index (χ3n) is 3.48. The van der Waals surface area contributed by atoms with Gasteiger partial charge in [0.15, 0.2) is 12.0 Å². The van der Waals surface area contributed by atoms with Crippen molar-refractivity contribution >= 4 is 6.29 Å². The summed E-state index contributed by atoms with van der Waals surface area (Å²) in [6.07, 6.45) is 0.461. The highest BCUT2D eigenvalue weighted by molar-refractivity contribution is 5.72. The largest absolute Gasteiger partial charge is 0.453 e. The maximum atomic E-state index is 12.9. The maximum Gasteiger partial charge on any atom is 0.249 e. The van der Waals surface area contributed by atoms with E-state index in [1.807, 2.05) is 24.3 Å². The summed E-state index contributed by atoms with van der Waals surface area (Å²) >= 11 is 0. The lowest BCUT2D eigenvalue weighted by molar-refractivity contribution is -0.0867. The Morgan fingerprint density at radius 3 is 2.63 bits per heavy atom. The van der Waals surface area contributed by atoms with Crippen LogP contribution < -0.4 is 0 Å². The Hall–Kier alpha value is -1.97. The van der Waals surface area contributed by atoms with E-state index in [-0.39, 0.29) is 24.5 Å². The quantitative estimate of drug-likeness (QED) is 0.773. The number of alkyl halides is 2. The van der Waals surface area contributed by atoms with Gasteiger partial charge in [0.05, 0.1) is 0 Å². The molecule has 0 amide bonds. The van der Waals surface area contributed by atoms with Gasteiger partial charge in [-0.3, -0.25) is 4.79 Å². The van der Waals surface area contributed by atoms with Gasteiger partial charge < -0.3 is 4.42 Å². The number of aldehydes is 1. The SMILES string of the molecule is O=Cc1ccc(-c2cccc(C3CC(F)(F)C3)c2)o1. The van der Waals surface area contributed by atoms with Crippen molar-refractivity contribution in [2.75, 3.05) is 0 Å². The second-order valence-corrected chi connectivity index (χ2v) is 4.91. The Bertz CT molecular complexity index is 608. The van der Waals surface area contributed by atoms with E-state index in [2.05, 4.69) is 0 Å². The Kier molecular flexibility index (Phi) is 2.73. The minimum atomic E-state index is -2.52. The molecule has 4 heteroatoms. The highest BCUT2D eigenvalue weighted by atomic mass is 19.3. The van der Waals surface area contributed by atoms with Crippen molar-refractivity contribution < 1.29 is 18.0 Å². The molecule has 2 nitrogen and oxygen atoms in total. The van der Waals surface area contributed by atoms with Crippen LogP contribution in [0.15, 0.2) is 40.8 Å². The van der Waals surface area contributed by atoms with Crippen LogP contribution in [0.3, 0.4) is 0 Å². The first-order chi connectivity index (χ1) is 9.07. The minimum Gasteiger partial charge on any atom is -0.453 e. The summed E-state index contributed by atoms with van der Waals surface area (Å²) in [6.45, 7) is 0. The summed E-state index contributed by atoms with van der Waals surface area (Å²) in [5.74, 6) is -1.77. The van der Waals surface area contributed by atoms with Gasteiger partial charge in [-0.15, -0.1) is 0 Å². The van der Waals surface area contributed by atoms with Gasteiger partial charge >= 0.3 is 0 Å². The number of hydrogen-bond donors (Lipinski definition) is 0. The van der Waals surface area contributed by atoms with E-state index in [1.54, 1.807) is 12.1 Å². The second-order valence-electron chi connectivity index (χ2n) is 4.91. The van der Waals surface area contributed by atoms with Crippen molar-refractivity contribution in [1.82, 2.24) is 0 Å². The van der Waals surface area contributed by atoms with E-state index in [4.69, 9.17) is 4.42 Å². The molecule has 1 aliphatic carbocycles. The summed E-state index contributed by atoms with van der Waals surface area (Å²) < 4.78 is 31.1.